The fraction of sp³-hybridized carbons (Fsp3) is 0.333. The zero-order chi connectivity index (χ0) is 15.7. The van der Waals surface area contributed by atoms with Gasteiger partial charge in [0.1, 0.15) is 5.76 Å². The molecule has 1 saturated carbocycles. The first-order chi connectivity index (χ1) is 10.4. The van der Waals surface area contributed by atoms with Crippen LogP contribution in [0.15, 0.2) is 34.9 Å². The maximum absolute atomic E-state index is 12.4. The second kappa shape index (κ2) is 5.47. The van der Waals surface area contributed by atoms with Crippen molar-refractivity contribution in [3.05, 3.63) is 52.9 Å². The highest BCUT2D eigenvalue weighted by atomic mass is 19.4. The second-order valence-electron chi connectivity index (χ2n) is 5.27. The lowest BCUT2D eigenvalue weighted by Gasteiger charge is -2.08. The first-order valence-electron chi connectivity index (χ1n) is 6.84. The Balaban J connectivity index is 1.58. The molecule has 1 aromatic heterocycles. The number of hydrogen-bond acceptors (Lipinski definition) is 3. The van der Waals surface area contributed by atoms with Crippen LogP contribution in [-0.4, -0.2) is 11.1 Å². The van der Waals surface area contributed by atoms with Crippen LogP contribution < -0.4 is 5.32 Å². The van der Waals surface area contributed by atoms with Gasteiger partial charge >= 0.3 is 6.18 Å². The number of hydrogen-bond donors (Lipinski definition) is 1. The van der Waals surface area contributed by atoms with Crippen molar-refractivity contribution in [2.45, 2.75) is 31.5 Å². The van der Waals surface area contributed by atoms with E-state index in [1.54, 1.807) is 6.07 Å². The van der Waals surface area contributed by atoms with Gasteiger partial charge < -0.3 is 9.84 Å². The van der Waals surface area contributed by atoms with Gasteiger partial charge in [-0.3, -0.25) is 4.79 Å². The van der Waals surface area contributed by atoms with E-state index in [-0.39, 0.29) is 12.2 Å². The van der Waals surface area contributed by atoms with Gasteiger partial charge in [-0.05, 0) is 30.5 Å². The lowest BCUT2D eigenvalue weighted by molar-refractivity contribution is -0.137. The molecule has 7 heteroatoms. The van der Waals surface area contributed by atoms with Gasteiger partial charge in [-0.15, -0.1) is 0 Å². The Morgan fingerprint density at radius 1 is 1.27 bits per heavy atom. The van der Waals surface area contributed by atoms with Gasteiger partial charge in [-0.25, -0.2) is 0 Å². The van der Waals surface area contributed by atoms with Crippen molar-refractivity contribution in [2.24, 2.45) is 0 Å². The number of halogens is 3. The third-order valence-electron chi connectivity index (χ3n) is 3.48. The molecule has 1 N–H and O–H groups in total. The van der Waals surface area contributed by atoms with Crippen molar-refractivity contribution >= 4 is 5.91 Å². The summed E-state index contributed by atoms with van der Waals surface area (Å²) in [5.41, 5.74) is 0.0502. The average molecular weight is 310 g/mol. The van der Waals surface area contributed by atoms with E-state index in [1.165, 1.54) is 12.1 Å². The lowest BCUT2D eigenvalue weighted by Crippen LogP contribution is -2.23. The summed E-state index contributed by atoms with van der Waals surface area (Å²) >= 11 is 0. The maximum Gasteiger partial charge on any atom is 0.416 e. The summed E-state index contributed by atoms with van der Waals surface area (Å²) in [6.45, 7) is 0.128. The predicted octanol–water partition coefficient (Wildman–Crippen LogP) is 3.50. The lowest BCUT2D eigenvalue weighted by atomic mass is 10.1. The molecule has 0 atom stereocenters. The normalized spacial score (nSPS) is 14.9. The summed E-state index contributed by atoms with van der Waals surface area (Å²) in [7, 11) is 0. The Kier molecular flexibility index (Phi) is 3.64. The minimum atomic E-state index is -4.36. The fourth-order valence-corrected chi connectivity index (χ4v) is 2.04. The highest BCUT2D eigenvalue weighted by molar-refractivity contribution is 5.92. The smallest absolute Gasteiger partial charge is 0.360 e. The van der Waals surface area contributed by atoms with Crippen LogP contribution in [0.5, 0.6) is 0 Å². The summed E-state index contributed by atoms with van der Waals surface area (Å²) in [6.07, 6.45) is -2.27. The minimum absolute atomic E-state index is 0.128. The molecule has 1 fully saturated rings. The number of nitrogens with one attached hydrogen (secondary N) is 1. The van der Waals surface area contributed by atoms with Gasteiger partial charge in [0.05, 0.1) is 5.56 Å². The van der Waals surface area contributed by atoms with E-state index in [2.05, 4.69) is 10.5 Å². The summed E-state index contributed by atoms with van der Waals surface area (Å²) in [4.78, 5) is 11.9. The third kappa shape index (κ3) is 3.29. The van der Waals surface area contributed by atoms with Crippen LogP contribution in [0.3, 0.4) is 0 Å². The number of nitrogens with zero attached hydrogens (tertiary/aromatic N) is 1. The van der Waals surface area contributed by atoms with Crippen molar-refractivity contribution in [1.82, 2.24) is 10.5 Å². The molecule has 4 nitrogen and oxygen atoms in total. The molecule has 1 heterocycles. The summed E-state index contributed by atoms with van der Waals surface area (Å²) < 4.78 is 42.4. The molecule has 0 aliphatic heterocycles. The van der Waals surface area contributed by atoms with E-state index in [0.29, 0.717) is 17.2 Å². The van der Waals surface area contributed by atoms with Crippen molar-refractivity contribution in [1.29, 1.82) is 0 Å². The second-order valence-corrected chi connectivity index (χ2v) is 5.27. The molecule has 0 unspecified atom stereocenters. The quantitative estimate of drug-likeness (QED) is 0.940. The largest absolute Gasteiger partial charge is 0.416 e. The van der Waals surface area contributed by atoms with Gasteiger partial charge in [0.15, 0.2) is 5.69 Å². The molecule has 1 aromatic carbocycles. The number of aromatic nitrogens is 1. The van der Waals surface area contributed by atoms with Crippen molar-refractivity contribution in [3.63, 3.8) is 0 Å². The SMILES string of the molecule is O=C(NCc1ccc(C(F)(F)F)cc1)c1cc(C2CC2)on1. The number of alkyl halides is 3. The number of rotatable bonds is 4. The third-order valence-corrected chi connectivity index (χ3v) is 3.48. The van der Waals surface area contributed by atoms with E-state index in [1.807, 2.05) is 0 Å². The number of carbonyl (C=O) groups excluding carboxylic acids is 1. The molecule has 1 aliphatic rings. The highest BCUT2D eigenvalue weighted by Gasteiger charge is 2.30. The van der Waals surface area contributed by atoms with Crippen LogP contribution in [0.25, 0.3) is 0 Å². The van der Waals surface area contributed by atoms with Crippen molar-refractivity contribution < 1.29 is 22.5 Å². The van der Waals surface area contributed by atoms with Crippen LogP contribution in [0.1, 0.15) is 46.1 Å². The first kappa shape index (κ1) is 14.6. The molecule has 116 valence electrons. The predicted molar refractivity (Wildman–Crippen MR) is 71.1 cm³/mol. The molecule has 0 bridgehead atoms. The van der Waals surface area contributed by atoms with Crippen molar-refractivity contribution in [3.8, 4) is 0 Å². The number of benzene rings is 1. The fourth-order valence-electron chi connectivity index (χ4n) is 2.04. The molecule has 22 heavy (non-hydrogen) atoms. The Labute approximate surface area is 124 Å². The minimum Gasteiger partial charge on any atom is -0.360 e. The van der Waals surface area contributed by atoms with E-state index in [9.17, 15) is 18.0 Å². The van der Waals surface area contributed by atoms with Gasteiger partial charge in [0.2, 0.25) is 0 Å². The van der Waals surface area contributed by atoms with Crippen LogP contribution >= 0.6 is 0 Å². The van der Waals surface area contributed by atoms with Crippen LogP contribution in [-0.2, 0) is 12.7 Å². The van der Waals surface area contributed by atoms with Gasteiger partial charge in [0, 0.05) is 18.5 Å². The molecule has 0 saturated heterocycles. The van der Waals surface area contributed by atoms with Crippen LogP contribution in [0.2, 0.25) is 0 Å². The zero-order valence-corrected chi connectivity index (χ0v) is 11.5. The summed E-state index contributed by atoms with van der Waals surface area (Å²) in [5, 5.41) is 6.30. The van der Waals surface area contributed by atoms with Crippen molar-refractivity contribution in [2.75, 3.05) is 0 Å². The van der Waals surface area contributed by atoms with Gasteiger partial charge in [-0.2, -0.15) is 13.2 Å². The number of carbonyl (C=O) groups is 1. The van der Waals surface area contributed by atoms with E-state index in [0.717, 1.165) is 25.0 Å². The maximum atomic E-state index is 12.4. The van der Waals surface area contributed by atoms with Crippen LogP contribution in [0, 0.1) is 0 Å². The first-order valence-corrected chi connectivity index (χ1v) is 6.84. The topological polar surface area (TPSA) is 55.1 Å². The van der Waals surface area contributed by atoms with Gasteiger partial charge in [-0.1, -0.05) is 17.3 Å². The highest BCUT2D eigenvalue weighted by Crippen LogP contribution is 2.40. The Morgan fingerprint density at radius 2 is 1.95 bits per heavy atom. The molecule has 0 radical (unpaired) electrons. The van der Waals surface area contributed by atoms with Crippen LogP contribution in [0.4, 0.5) is 13.2 Å². The molecular formula is C15H13F3N2O2. The monoisotopic (exact) mass is 310 g/mol. The Hall–Kier alpha value is -2.31. The molecule has 1 amide bonds. The molecule has 2 aromatic rings. The summed E-state index contributed by atoms with van der Waals surface area (Å²) in [6, 6.07) is 6.26. The number of amides is 1. The Morgan fingerprint density at radius 3 is 2.55 bits per heavy atom. The molecule has 0 spiro atoms. The molecule has 1 aliphatic carbocycles. The summed E-state index contributed by atoms with van der Waals surface area (Å²) in [5.74, 6) is 0.666. The van der Waals surface area contributed by atoms with Gasteiger partial charge in [0.25, 0.3) is 5.91 Å². The van der Waals surface area contributed by atoms with E-state index >= 15 is 0 Å². The van der Waals surface area contributed by atoms with E-state index < -0.39 is 17.6 Å². The van der Waals surface area contributed by atoms with E-state index in [4.69, 9.17) is 4.52 Å². The molecule has 3 rings (SSSR count). The molecular weight excluding hydrogens is 297 g/mol. The average Bonchev–Trinajstić information content (AvgIpc) is 3.22. The standard InChI is InChI=1S/C15H13F3N2O2/c16-15(17,18)11-5-1-9(2-6-11)8-19-14(21)12-7-13(22-20-12)10-3-4-10/h1-2,5-7,10H,3-4,8H2,(H,19,21). The Bertz CT molecular complexity index is 673. The zero-order valence-electron chi connectivity index (χ0n) is 11.5.